The number of carbonyl (C=O) groups excluding carboxylic acids is 2. The molecular weight excluding hydrogens is 510 g/mol. The Kier molecular flexibility index (Phi) is 10.7. The van der Waals surface area contributed by atoms with Crippen LogP contribution in [0, 0.1) is 0 Å². The van der Waals surface area contributed by atoms with Crippen LogP contribution in [-0.4, -0.2) is 96.8 Å². The van der Waals surface area contributed by atoms with Crippen LogP contribution in [0.4, 0.5) is 0 Å². The number of likely N-dealkylation sites (tertiary alicyclic amines) is 1. The van der Waals surface area contributed by atoms with Crippen LogP contribution < -0.4 is 14.2 Å². The summed E-state index contributed by atoms with van der Waals surface area (Å²) in [4.78, 5) is 30.2. The van der Waals surface area contributed by atoms with Gasteiger partial charge in [-0.3, -0.25) is 14.5 Å². The lowest BCUT2D eigenvalue weighted by atomic mass is 10.0. The zero-order valence-corrected chi connectivity index (χ0v) is 23.8. The Hall–Kier alpha value is -3.30. The van der Waals surface area contributed by atoms with Gasteiger partial charge in [0.25, 0.3) is 0 Å². The molecule has 1 unspecified atom stereocenters. The van der Waals surface area contributed by atoms with Crippen molar-refractivity contribution in [3.8, 4) is 17.2 Å². The highest BCUT2D eigenvalue weighted by molar-refractivity contribution is 5.76. The first-order chi connectivity index (χ1) is 19.3. The molecule has 4 rings (SSSR count). The number of hydrogen-bond donors (Lipinski definition) is 1. The van der Waals surface area contributed by atoms with Crippen LogP contribution in [0.15, 0.2) is 48.5 Å². The summed E-state index contributed by atoms with van der Waals surface area (Å²) in [6.45, 7) is 5.97. The van der Waals surface area contributed by atoms with Crippen LogP contribution in [0.3, 0.4) is 0 Å². The lowest BCUT2D eigenvalue weighted by Crippen LogP contribution is -2.51. The number of ether oxygens (including phenoxy) is 3. The maximum Gasteiger partial charge on any atom is 0.222 e. The molecule has 0 spiro atoms. The van der Waals surface area contributed by atoms with E-state index in [9.17, 15) is 14.7 Å². The molecule has 1 N–H and O–H groups in total. The number of nitrogens with zero attached hydrogens (tertiary/aromatic N) is 3. The predicted octanol–water partition coefficient (Wildman–Crippen LogP) is 3.34. The Morgan fingerprint density at radius 2 is 1.80 bits per heavy atom. The second-order valence-corrected chi connectivity index (χ2v) is 10.9. The fourth-order valence-electron chi connectivity index (χ4n) is 5.37. The minimum absolute atomic E-state index is 0.0663. The summed E-state index contributed by atoms with van der Waals surface area (Å²) < 4.78 is 17.6. The van der Waals surface area contributed by atoms with Gasteiger partial charge in [-0.15, -0.1) is 0 Å². The lowest BCUT2D eigenvalue weighted by molar-refractivity contribution is -0.132. The molecule has 218 valence electrons. The molecule has 0 aromatic heterocycles. The van der Waals surface area contributed by atoms with Crippen molar-refractivity contribution in [2.75, 3.05) is 59.6 Å². The summed E-state index contributed by atoms with van der Waals surface area (Å²) in [5, 5.41) is 11.5. The maximum atomic E-state index is 12.2. The largest absolute Gasteiger partial charge is 0.493 e. The Labute approximate surface area is 237 Å². The first-order valence-corrected chi connectivity index (χ1v) is 14.3. The Morgan fingerprint density at radius 3 is 2.58 bits per heavy atom. The molecule has 1 atom stereocenters. The van der Waals surface area contributed by atoms with Crippen LogP contribution in [0.25, 0.3) is 0 Å². The van der Waals surface area contributed by atoms with Gasteiger partial charge in [0.1, 0.15) is 18.0 Å². The van der Waals surface area contributed by atoms with Gasteiger partial charge in [-0.25, -0.2) is 0 Å². The Balaban J connectivity index is 1.35. The molecule has 2 aromatic carbocycles. The van der Waals surface area contributed by atoms with Gasteiger partial charge in [0.05, 0.1) is 20.3 Å². The highest BCUT2D eigenvalue weighted by Crippen LogP contribution is 2.29. The number of methoxy groups -OCH3 is 1. The molecule has 9 heteroatoms. The number of hydrogen-bond acceptors (Lipinski definition) is 7. The van der Waals surface area contributed by atoms with E-state index >= 15 is 0 Å². The van der Waals surface area contributed by atoms with E-state index in [0.717, 1.165) is 37.8 Å². The predicted molar refractivity (Wildman–Crippen MR) is 153 cm³/mol. The minimum atomic E-state index is -1.22. The number of benzene rings is 2. The van der Waals surface area contributed by atoms with Crippen LogP contribution in [0.2, 0.25) is 0 Å². The highest BCUT2D eigenvalue weighted by atomic mass is 16.5. The molecule has 9 nitrogen and oxygen atoms in total. The van der Waals surface area contributed by atoms with Crippen molar-refractivity contribution in [1.29, 1.82) is 0 Å². The van der Waals surface area contributed by atoms with Gasteiger partial charge in [0.2, 0.25) is 11.8 Å². The van der Waals surface area contributed by atoms with E-state index in [1.165, 1.54) is 6.92 Å². The van der Waals surface area contributed by atoms with Crippen LogP contribution >= 0.6 is 0 Å². The first kappa shape index (κ1) is 29.7. The van der Waals surface area contributed by atoms with Crippen molar-refractivity contribution >= 4 is 11.8 Å². The molecule has 2 saturated heterocycles. The average molecular weight is 554 g/mol. The third-order valence-corrected chi connectivity index (χ3v) is 7.52. The molecule has 2 fully saturated rings. The normalized spacial score (nSPS) is 20.5. The van der Waals surface area contributed by atoms with Crippen LogP contribution in [0.5, 0.6) is 17.2 Å². The van der Waals surface area contributed by atoms with E-state index < -0.39 is 5.60 Å². The molecular formula is C31H43N3O6. The topological polar surface area (TPSA) is 91.8 Å². The maximum absolute atomic E-state index is 12.2. The third kappa shape index (κ3) is 8.60. The van der Waals surface area contributed by atoms with E-state index in [1.807, 2.05) is 53.4 Å². The standard InChI is InChI=1S/C31H43N3O6/c1-25(35)34-18-17-32(22-31(37,23-34)24-40-27-10-5-3-6-11-27)21-26-13-14-28(29(20-26)38-2)39-19-9-16-33-15-8-4-7-12-30(33)36/h3,5-6,10-11,13-14,20,37H,4,7-9,12,15-19,21-24H2,1-2H3. The van der Waals surface area contributed by atoms with E-state index in [2.05, 4.69) is 4.90 Å². The van der Waals surface area contributed by atoms with Crippen molar-refractivity contribution < 1.29 is 28.9 Å². The number of para-hydroxylation sites is 1. The van der Waals surface area contributed by atoms with Gasteiger partial charge >= 0.3 is 0 Å². The molecule has 2 heterocycles. The number of β-amino-alcohol motifs (C(OH)–C–C–N with tert-alkyl or cyclic N) is 1. The highest BCUT2D eigenvalue weighted by Gasteiger charge is 2.37. The Morgan fingerprint density at radius 1 is 0.975 bits per heavy atom. The summed E-state index contributed by atoms with van der Waals surface area (Å²) in [5.41, 5.74) is -0.207. The SMILES string of the molecule is COc1cc(CN2CCN(C(C)=O)CC(O)(COc3ccccc3)C2)ccc1OCCCN1CCCCCC1=O. The molecule has 2 aromatic rings. The smallest absolute Gasteiger partial charge is 0.222 e. The Bertz CT molecular complexity index is 1110. The monoisotopic (exact) mass is 553 g/mol. The van der Waals surface area contributed by atoms with Gasteiger partial charge in [-0.1, -0.05) is 30.7 Å². The van der Waals surface area contributed by atoms with Crippen LogP contribution in [-0.2, 0) is 16.1 Å². The van der Waals surface area contributed by atoms with Crippen molar-refractivity contribution in [3.05, 3.63) is 54.1 Å². The van der Waals surface area contributed by atoms with E-state index in [0.29, 0.717) is 63.0 Å². The average Bonchev–Trinajstić information content (AvgIpc) is 3.26. The fraction of sp³-hybridized carbons (Fsp3) is 0.548. The molecule has 2 aliphatic rings. The van der Waals surface area contributed by atoms with E-state index in [-0.39, 0.29) is 25.0 Å². The molecule has 0 radical (unpaired) electrons. The molecule has 2 aliphatic heterocycles. The second kappa shape index (κ2) is 14.4. The summed E-state index contributed by atoms with van der Waals surface area (Å²) >= 11 is 0. The minimum Gasteiger partial charge on any atom is -0.493 e. The molecule has 0 bridgehead atoms. The van der Waals surface area contributed by atoms with Crippen LogP contribution in [0.1, 0.15) is 44.6 Å². The molecule has 0 saturated carbocycles. The third-order valence-electron chi connectivity index (χ3n) is 7.52. The summed E-state index contributed by atoms with van der Waals surface area (Å²) in [6, 6.07) is 15.3. The van der Waals surface area contributed by atoms with Crippen molar-refractivity contribution in [1.82, 2.24) is 14.7 Å². The van der Waals surface area contributed by atoms with Gasteiger partial charge in [0, 0.05) is 52.6 Å². The second-order valence-electron chi connectivity index (χ2n) is 10.9. The summed E-state index contributed by atoms with van der Waals surface area (Å²) in [6.07, 6.45) is 4.60. The lowest BCUT2D eigenvalue weighted by Gasteiger charge is -2.32. The zero-order valence-electron chi connectivity index (χ0n) is 23.8. The number of carbonyl (C=O) groups is 2. The van der Waals surface area contributed by atoms with Crippen molar-refractivity contribution in [2.45, 2.75) is 51.2 Å². The number of aliphatic hydroxyl groups is 1. The fourth-order valence-corrected chi connectivity index (χ4v) is 5.37. The summed E-state index contributed by atoms with van der Waals surface area (Å²) in [7, 11) is 1.62. The number of amides is 2. The molecule has 40 heavy (non-hydrogen) atoms. The first-order valence-electron chi connectivity index (χ1n) is 14.3. The van der Waals surface area contributed by atoms with Crippen molar-refractivity contribution in [3.63, 3.8) is 0 Å². The molecule has 2 amide bonds. The summed E-state index contributed by atoms with van der Waals surface area (Å²) in [5.74, 6) is 2.17. The number of rotatable bonds is 11. The quantitative estimate of drug-likeness (QED) is 0.427. The zero-order chi connectivity index (χ0) is 28.4. The van der Waals surface area contributed by atoms with Crippen molar-refractivity contribution in [2.24, 2.45) is 0 Å². The van der Waals surface area contributed by atoms with E-state index in [1.54, 1.807) is 12.0 Å². The van der Waals surface area contributed by atoms with Gasteiger partial charge < -0.3 is 29.1 Å². The van der Waals surface area contributed by atoms with E-state index in [4.69, 9.17) is 14.2 Å². The van der Waals surface area contributed by atoms with Gasteiger partial charge in [-0.05, 0) is 49.1 Å². The molecule has 0 aliphatic carbocycles. The van der Waals surface area contributed by atoms with Gasteiger partial charge in [-0.2, -0.15) is 0 Å². The van der Waals surface area contributed by atoms with Gasteiger partial charge in [0.15, 0.2) is 11.5 Å².